The lowest BCUT2D eigenvalue weighted by molar-refractivity contribution is -0.139. The second-order valence-electron chi connectivity index (χ2n) is 8.95. The number of rotatable bonds is 7. The van der Waals surface area contributed by atoms with Crippen LogP contribution in [0.3, 0.4) is 0 Å². The summed E-state index contributed by atoms with van der Waals surface area (Å²) >= 11 is 1.31. The molecule has 0 bridgehead atoms. The zero-order valence-electron chi connectivity index (χ0n) is 21.5. The minimum absolute atomic E-state index is 0.0828. The number of allylic oxidation sites excluding steroid dienone is 1. The molecule has 3 aromatic carbocycles. The third kappa shape index (κ3) is 5.10. The Morgan fingerprint density at radius 3 is 2.34 bits per heavy atom. The van der Waals surface area contributed by atoms with E-state index in [0.717, 1.165) is 22.4 Å². The molecule has 0 saturated carbocycles. The van der Waals surface area contributed by atoms with Crippen molar-refractivity contribution < 1.29 is 14.3 Å². The van der Waals surface area contributed by atoms with Gasteiger partial charge in [0.2, 0.25) is 0 Å². The van der Waals surface area contributed by atoms with E-state index in [2.05, 4.69) is 4.99 Å². The summed E-state index contributed by atoms with van der Waals surface area (Å²) < 4.78 is 13.6. The van der Waals surface area contributed by atoms with Gasteiger partial charge in [-0.1, -0.05) is 84.1 Å². The van der Waals surface area contributed by atoms with Crippen LogP contribution in [0.1, 0.15) is 49.6 Å². The van der Waals surface area contributed by atoms with Gasteiger partial charge >= 0.3 is 5.97 Å². The van der Waals surface area contributed by atoms with Gasteiger partial charge in [-0.25, -0.2) is 9.79 Å². The zero-order valence-corrected chi connectivity index (χ0v) is 22.3. The SMILES string of the molecule is CCOC(=O)C1=C(C)N=c2sc(=Cc3ccc(OC(C)c4ccccc4)cc3)c(=O)n2C1c1ccccc1. The van der Waals surface area contributed by atoms with Crippen molar-refractivity contribution >= 4 is 23.4 Å². The molecule has 0 saturated heterocycles. The van der Waals surface area contributed by atoms with Gasteiger partial charge in [-0.3, -0.25) is 9.36 Å². The minimum Gasteiger partial charge on any atom is -0.486 e. The molecule has 2 unspecified atom stereocenters. The molecule has 1 aromatic heterocycles. The highest BCUT2D eigenvalue weighted by atomic mass is 32.1. The molecule has 0 spiro atoms. The topological polar surface area (TPSA) is 69.9 Å². The summed E-state index contributed by atoms with van der Waals surface area (Å²) in [6.07, 6.45) is 1.76. The highest BCUT2D eigenvalue weighted by molar-refractivity contribution is 7.07. The van der Waals surface area contributed by atoms with Gasteiger partial charge in [-0.2, -0.15) is 0 Å². The van der Waals surface area contributed by atoms with Crippen LogP contribution in [0, 0.1) is 0 Å². The van der Waals surface area contributed by atoms with Gasteiger partial charge in [0.05, 0.1) is 28.5 Å². The van der Waals surface area contributed by atoms with Gasteiger partial charge in [0.15, 0.2) is 4.80 Å². The number of fused-ring (bicyclic) bond motifs is 1. The monoisotopic (exact) mass is 524 g/mol. The Kier molecular flexibility index (Phi) is 7.38. The number of carbonyl (C=O) groups is 1. The molecule has 6 nitrogen and oxygen atoms in total. The Morgan fingerprint density at radius 2 is 1.68 bits per heavy atom. The van der Waals surface area contributed by atoms with Gasteiger partial charge in [0, 0.05) is 0 Å². The van der Waals surface area contributed by atoms with Crippen LogP contribution in [-0.4, -0.2) is 17.1 Å². The molecular formula is C31H28N2O4S. The van der Waals surface area contributed by atoms with E-state index in [1.807, 2.05) is 97.9 Å². The van der Waals surface area contributed by atoms with Crippen LogP contribution < -0.4 is 19.6 Å². The predicted octanol–water partition coefficient (Wildman–Crippen LogP) is 4.94. The van der Waals surface area contributed by atoms with Gasteiger partial charge in [-0.15, -0.1) is 0 Å². The maximum absolute atomic E-state index is 13.7. The maximum atomic E-state index is 13.7. The van der Waals surface area contributed by atoms with E-state index >= 15 is 0 Å². The fourth-order valence-corrected chi connectivity index (χ4v) is 5.58. The van der Waals surface area contributed by atoms with Crippen molar-refractivity contribution in [2.24, 2.45) is 4.99 Å². The molecule has 0 amide bonds. The Balaban J connectivity index is 1.50. The van der Waals surface area contributed by atoms with Crippen molar-refractivity contribution in [3.05, 3.63) is 133 Å². The number of benzene rings is 3. The molecule has 0 fully saturated rings. The number of aromatic nitrogens is 1. The third-order valence-corrected chi connectivity index (χ3v) is 7.37. The average Bonchev–Trinajstić information content (AvgIpc) is 3.24. The lowest BCUT2D eigenvalue weighted by Gasteiger charge is -2.24. The number of ether oxygens (including phenoxy) is 2. The van der Waals surface area contributed by atoms with E-state index in [0.29, 0.717) is 20.6 Å². The lowest BCUT2D eigenvalue weighted by atomic mass is 9.96. The van der Waals surface area contributed by atoms with Crippen molar-refractivity contribution in [1.82, 2.24) is 4.57 Å². The molecule has 192 valence electrons. The first-order valence-corrected chi connectivity index (χ1v) is 13.3. The van der Waals surface area contributed by atoms with Crippen molar-refractivity contribution in [2.75, 3.05) is 6.61 Å². The van der Waals surface area contributed by atoms with Crippen LogP contribution in [0.5, 0.6) is 5.75 Å². The first kappa shape index (κ1) is 25.4. The molecule has 2 heterocycles. The number of hydrogen-bond donors (Lipinski definition) is 0. The van der Waals surface area contributed by atoms with Gasteiger partial charge in [0.25, 0.3) is 5.56 Å². The summed E-state index contributed by atoms with van der Waals surface area (Å²) in [6, 6.07) is 26.6. The summed E-state index contributed by atoms with van der Waals surface area (Å²) in [5, 5.41) is 0. The molecule has 38 heavy (non-hydrogen) atoms. The smallest absolute Gasteiger partial charge is 0.338 e. The number of nitrogens with zero attached hydrogens (tertiary/aromatic N) is 2. The van der Waals surface area contributed by atoms with Crippen LogP contribution in [0.15, 0.2) is 106 Å². The Hall–Kier alpha value is -4.23. The molecule has 0 radical (unpaired) electrons. The molecular weight excluding hydrogens is 496 g/mol. The fraction of sp³-hybridized carbons (Fsp3) is 0.194. The van der Waals surface area contributed by atoms with Crippen LogP contribution in [-0.2, 0) is 9.53 Å². The molecule has 4 aromatic rings. The molecule has 2 atom stereocenters. The van der Waals surface area contributed by atoms with E-state index < -0.39 is 12.0 Å². The third-order valence-electron chi connectivity index (χ3n) is 6.39. The second kappa shape index (κ2) is 11.0. The maximum Gasteiger partial charge on any atom is 0.338 e. The van der Waals surface area contributed by atoms with E-state index in [1.165, 1.54) is 11.3 Å². The molecule has 5 rings (SSSR count). The molecule has 1 aliphatic heterocycles. The Morgan fingerprint density at radius 1 is 1.03 bits per heavy atom. The average molecular weight is 525 g/mol. The van der Waals surface area contributed by atoms with E-state index in [9.17, 15) is 9.59 Å². The minimum atomic E-state index is -0.607. The number of hydrogen-bond acceptors (Lipinski definition) is 6. The molecule has 7 heteroatoms. The summed E-state index contributed by atoms with van der Waals surface area (Å²) in [5.74, 6) is 0.288. The van der Waals surface area contributed by atoms with E-state index in [-0.39, 0.29) is 18.3 Å². The van der Waals surface area contributed by atoms with Crippen LogP contribution in [0.2, 0.25) is 0 Å². The normalized spacial score (nSPS) is 16.0. The van der Waals surface area contributed by atoms with Gasteiger partial charge < -0.3 is 9.47 Å². The molecule has 1 aliphatic rings. The van der Waals surface area contributed by atoms with Crippen LogP contribution in [0.4, 0.5) is 0 Å². The number of esters is 1. The van der Waals surface area contributed by atoms with Gasteiger partial charge in [-0.05, 0) is 55.7 Å². The number of thiazole rings is 1. The quantitative estimate of drug-likeness (QED) is 0.321. The van der Waals surface area contributed by atoms with Crippen molar-refractivity contribution in [1.29, 1.82) is 0 Å². The Bertz CT molecular complexity index is 1650. The van der Waals surface area contributed by atoms with E-state index in [4.69, 9.17) is 9.47 Å². The van der Waals surface area contributed by atoms with Crippen molar-refractivity contribution in [2.45, 2.75) is 32.9 Å². The summed E-state index contributed by atoms with van der Waals surface area (Å²) in [4.78, 5) is 31.8. The Labute approximate surface area is 224 Å². The largest absolute Gasteiger partial charge is 0.486 e. The fourth-order valence-electron chi connectivity index (χ4n) is 4.53. The lowest BCUT2D eigenvalue weighted by Crippen LogP contribution is -2.39. The van der Waals surface area contributed by atoms with Crippen LogP contribution >= 0.6 is 11.3 Å². The highest BCUT2D eigenvalue weighted by Gasteiger charge is 2.33. The zero-order chi connectivity index (χ0) is 26.6. The van der Waals surface area contributed by atoms with Crippen LogP contribution in [0.25, 0.3) is 6.08 Å². The summed E-state index contributed by atoms with van der Waals surface area (Å²) in [7, 11) is 0. The second-order valence-corrected chi connectivity index (χ2v) is 9.96. The van der Waals surface area contributed by atoms with E-state index in [1.54, 1.807) is 18.4 Å². The summed E-state index contributed by atoms with van der Waals surface area (Å²) in [5.41, 5.74) is 3.53. The first-order valence-electron chi connectivity index (χ1n) is 12.5. The predicted molar refractivity (Wildman–Crippen MR) is 149 cm³/mol. The molecule has 0 aliphatic carbocycles. The first-order chi connectivity index (χ1) is 18.5. The summed E-state index contributed by atoms with van der Waals surface area (Å²) in [6.45, 7) is 5.80. The number of carbonyl (C=O) groups excluding carboxylic acids is 1. The highest BCUT2D eigenvalue weighted by Crippen LogP contribution is 2.30. The van der Waals surface area contributed by atoms with Crippen molar-refractivity contribution in [3.63, 3.8) is 0 Å². The standard InChI is InChI=1S/C31H28N2O4S/c1-4-36-30(35)27-20(2)32-31-33(28(27)24-13-9-6-10-14-24)29(34)26(38-31)19-22-15-17-25(18-16-22)37-21(3)23-11-7-5-8-12-23/h5-19,21,28H,4H2,1-3H3. The van der Waals surface area contributed by atoms with Gasteiger partial charge in [0.1, 0.15) is 11.9 Å². The van der Waals surface area contributed by atoms with Crippen molar-refractivity contribution in [3.8, 4) is 5.75 Å². The molecule has 0 N–H and O–H groups in total.